The quantitative estimate of drug-likeness (QED) is 0.715. The number of methoxy groups -OCH3 is 2. The Bertz CT molecular complexity index is 759. The van der Waals surface area contributed by atoms with Crippen LogP contribution in [0.5, 0.6) is 11.5 Å². The first-order valence-corrected chi connectivity index (χ1v) is 9.51. The Morgan fingerprint density at radius 3 is 2.58 bits per heavy atom. The molecule has 0 radical (unpaired) electrons. The van der Waals surface area contributed by atoms with E-state index in [1.165, 1.54) is 18.2 Å². The number of hydrogen-bond donors (Lipinski definition) is 0. The molecule has 0 spiro atoms. The van der Waals surface area contributed by atoms with Crippen LogP contribution in [-0.2, 0) is 4.79 Å². The Hall–Kier alpha value is -2.22. The summed E-state index contributed by atoms with van der Waals surface area (Å²) in [6, 6.07) is 5.39. The molecule has 1 aliphatic heterocycles. The van der Waals surface area contributed by atoms with E-state index in [1.807, 2.05) is 17.9 Å². The summed E-state index contributed by atoms with van der Waals surface area (Å²) in [5.74, 6) is 1.73. The van der Waals surface area contributed by atoms with Gasteiger partial charge in [-0.1, -0.05) is 11.8 Å². The van der Waals surface area contributed by atoms with Crippen molar-refractivity contribution in [1.82, 2.24) is 15.1 Å². The lowest BCUT2D eigenvalue weighted by Crippen LogP contribution is -2.40. The Morgan fingerprint density at radius 1 is 1.15 bits per heavy atom. The SMILES string of the molecule is COc1ccc(-c2nnc(S[C@@H](C)C(=O)N3CCCCC3)o2)cc1OC. The topological polar surface area (TPSA) is 77.7 Å². The van der Waals surface area contributed by atoms with E-state index in [2.05, 4.69) is 10.2 Å². The molecule has 1 fully saturated rings. The van der Waals surface area contributed by atoms with E-state index in [1.54, 1.807) is 26.4 Å². The molecule has 2 aromatic rings. The van der Waals surface area contributed by atoms with Gasteiger partial charge in [0.05, 0.1) is 19.5 Å². The van der Waals surface area contributed by atoms with Gasteiger partial charge in [0.25, 0.3) is 5.22 Å². The average Bonchev–Trinajstić information content (AvgIpc) is 3.15. The maximum absolute atomic E-state index is 12.5. The van der Waals surface area contributed by atoms with Crippen LogP contribution in [0.2, 0.25) is 0 Å². The Morgan fingerprint density at radius 2 is 1.88 bits per heavy atom. The summed E-state index contributed by atoms with van der Waals surface area (Å²) >= 11 is 1.29. The molecule has 2 heterocycles. The van der Waals surface area contributed by atoms with Gasteiger partial charge in [-0.05, 0) is 44.4 Å². The van der Waals surface area contributed by atoms with Crippen LogP contribution in [0.15, 0.2) is 27.8 Å². The fourth-order valence-electron chi connectivity index (χ4n) is 2.92. The zero-order chi connectivity index (χ0) is 18.5. The summed E-state index contributed by atoms with van der Waals surface area (Å²) in [6.45, 7) is 3.55. The number of carbonyl (C=O) groups is 1. The number of rotatable bonds is 6. The third-order valence-electron chi connectivity index (χ3n) is 4.33. The van der Waals surface area contributed by atoms with Gasteiger partial charge in [-0.3, -0.25) is 4.79 Å². The van der Waals surface area contributed by atoms with Crippen LogP contribution >= 0.6 is 11.8 Å². The van der Waals surface area contributed by atoms with Crippen molar-refractivity contribution < 1.29 is 18.7 Å². The van der Waals surface area contributed by atoms with Crippen molar-refractivity contribution in [3.8, 4) is 23.0 Å². The number of likely N-dealkylation sites (tertiary alicyclic amines) is 1. The van der Waals surface area contributed by atoms with Gasteiger partial charge < -0.3 is 18.8 Å². The van der Waals surface area contributed by atoms with Gasteiger partial charge in [0.15, 0.2) is 11.5 Å². The molecule has 1 amide bonds. The van der Waals surface area contributed by atoms with Crippen LogP contribution in [-0.4, -0.2) is 53.6 Å². The molecule has 1 aromatic carbocycles. The number of amides is 1. The van der Waals surface area contributed by atoms with Crippen LogP contribution < -0.4 is 9.47 Å². The molecule has 0 saturated carbocycles. The fourth-order valence-corrected chi connectivity index (χ4v) is 3.68. The average molecular weight is 377 g/mol. The van der Waals surface area contributed by atoms with Crippen LogP contribution in [0, 0.1) is 0 Å². The Kier molecular flexibility index (Phi) is 6.03. The molecule has 7 nitrogen and oxygen atoms in total. The zero-order valence-corrected chi connectivity index (χ0v) is 16.0. The predicted octanol–water partition coefficient (Wildman–Crippen LogP) is 3.25. The molecule has 0 bridgehead atoms. The predicted molar refractivity (Wildman–Crippen MR) is 98.6 cm³/mol. The molecule has 0 unspecified atom stereocenters. The lowest BCUT2D eigenvalue weighted by Gasteiger charge is -2.28. The van der Waals surface area contributed by atoms with Gasteiger partial charge >= 0.3 is 0 Å². The number of piperidine rings is 1. The summed E-state index contributed by atoms with van der Waals surface area (Å²) in [4.78, 5) is 14.4. The van der Waals surface area contributed by atoms with Crippen molar-refractivity contribution in [2.45, 2.75) is 36.7 Å². The van der Waals surface area contributed by atoms with Crippen molar-refractivity contribution in [2.24, 2.45) is 0 Å². The summed E-state index contributed by atoms with van der Waals surface area (Å²) in [5.41, 5.74) is 0.733. The van der Waals surface area contributed by atoms with Crippen molar-refractivity contribution in [2.75, 3.05) is 27.3 Å². The van der Waals surface area contributed by atoms with Gasteiger partial charge in [0, 0.05) is 18.7 Å². The number of nitrogens with zero attached hydrogens (tertiary/aromatic N) is 3. The molecule has 3 rings (SSSR count). The van der Waals surface area contributed by atoms with Crippen LogP contribution in [0.25, 0.3) is 11.5 Å². The Labute approximate surface area is 157 Å². The standard InChI is InChI=1S/C18H23N3O4S/c1-12(17(22)21-9-5-4-6-10-21)26-18-20-19-16(25-18)13-7-8-14(23-2)15(11-13)24-3/h7-8,11-12H,4-6,9-10H2,1-3H3/t12-/m0/s1. The van der Waals surface area contributed by atoms with Crippen LogP contribution in [0.1, 0.15) is 26.2 Å². The van der Waals surface area contributed by atoms with E-state index in [0.717, 1.165) is 31.5 Å². The summed E-state index contributed by atoms with van der Waals surface area (Å²) in [6.07, 6.45) is 3.35. The molecule has 1 atom stereocenters. The minimum absolute atomic E-state index is 0.126. The summed E-state index contributed by atoms with van der Waals surface area (Å²) in [7, 11) is 3.16. The number of hydrogen-bond acceptors (Lipinski definition) is 7. The molecule has 1 aliphatic rings. The van der Waals surface area contributed by atoms with E-state index in [0.29, 0.717) is 22.6 Å². The van der Waals surface area contributed by atoms with Gasteiger partial charge in [0.2, 0.25) is 11.8 Å². The van der Waals surface area contributed by atoms with Gasteiger partial charge in [-0.25, -0.2) is 0 Å². The maximum atomic E-state index is 12.5. The molecular weight excluding hydrogens is 354 g/mol. The van der Waals surface area contributed by atoms with Crippen LogP contribution in [0.4, 0.5) is 0 Å². The van der Waals surface area contributed by atoms with Gasteiger partial charge in [-0.2, -0.15) is 0 Å². The van der Waals surface area contributed by atoms with E-state index >= 15 is 0 Å². The molecule has 26 heavy (non-hydrogen) atoms. The van der Waals surface area contributed by atoms with Gasteiger partial charge in [-0.15, -0.1) is 10.2 Å². The van der Waals surface area contributed by atoms with Gasteiger partial charge in [0.1, 0.15) is 0 Å². The second-order valence-corrected chi connectivity index (χ2v) is 7.38. The monoisotopic (exact) mass is 377 g/mol. The normalized spacial score (nSPS) is 15.6. The molecule has 0 aliphatic carbocycles. The molecular formula is C18H23N3O4S. The second-order valence-electron chi connectivity index (χ2n) is 6.09. The van der Waals surface area contributed by atoms with E-state index in [9.17, 15) is 4.79 Å². The van der Waals surface area contributed by atoms with Crippen molar-refractivity contribution >= 4 is 17.7 Å². The highest BCUT2D eigenvalue weighted by atomic mass is 32.2. The number of thioether (sulfide) groups is 1. The minimum atomic E-state index is -0.258. The highest BCUT2D eigenvalue weighted by Crippen LogP contribution is 2.33. The van der Waals surface area contributed by atoms with Crippen molar-refractivity contribution in [3.63, 3.8) is 0 Å². The summed E-state index contributed by atoms with van der Waals surface area (Å²) in [5, 5.41) is 8.27. The number of ether oxygens (including phenoxy) is 2. The van der Waals surface area contributed by atoms with Crippen LogP contribution in [0.3, 0.4) is 0 Å². The number of benzene rings is 1. The fraction of sp³-hybridized carbons (Fsp3) is 0.500. The highest BCUT2D eigenvalue weighted by Gasteiger charge is 2.25. The molecule has 8 heteroatoms. The van der Waals surface area contributed by atoms with E-state index in [-0.39, 0.29) is 11.2 Å². The number of carbonyl (C=O) groups excluding carboxylic acids is 1. The molecule has 140 valence electrons. The zero-order valence-electron chi connectivity index (χ0n) is 15.2. The first-order valence-electron chi connectivity index (χ1n) is 8.63. The highest BCUT2D eigenvalue weighted by molar-refractivity contribution is 8.00. The lowest BCUT2D eigenvalue weighted by molar-refractivity contribution is -0.131. The third-order valence-corrected chi connectivity index (χ3v) is 5.25. The molecule has 0 N–H and O–H groups in total. The molecule has 1 saturated heterocycles. The van der Waals surface area contributed by atoms with Crippen molar-refractivity contribution in [3.05, 3.63) is 18.2 Å². The maximum Gasteiger partial charge on any atom is 0.277 e. The minimum Gasteiger partial charge on any atom is -0.493 e. The smallest absolute Gasteiger partial charge is 0.277 e. The van der Waals surface area contributed by atoms with Crippen molar-refractivity contribution in [1.29, 1.82) is 0 Å². The Balaban J connectivity index is 1.68. The lowest BCUT2D eigenvalue weighted by atomic mass is 10.1. The third kappa shape index (κ3) is 4.12. The van der Waals surface area contributed by atoms with E-state index in [4.69, 9.17) is 13.9 Å². The first kappa shape index (κ1) is 18.6. The summed E-state index contributed by atoms with van der Waals surface area (Å²) < 4.78 is 16.3. The largest absolute Gasteiger partial charge is 0.493 e. The molecule has 1 aromatic heterocycles. The second kappa shape index (κ2) is 8.44. The van der Waals surface area contributed by atoms with E-state index < -0.39 is 0 Å². The first-order chi connectivity index (χ1) is 12.6. The number of aromatic nitrogens is 2.